The summed E-state index contributed by atoms with van der Waals surface area (Å²) in [4.78, 5) is 12.9. The Labute approximate surface area is 190 Å². The van der Waals surface area contributed by atoms with E-state index in [-0.39, 0.29) is 10.9 Å². The van der Waals surface area contributed by atoms with Gasteiger partial charge in [0.15, 0.2) is 14.7 Å². The summed E-state index contributed by atoms with van der Waals surface area (Å²) in [5.74, 6) is -3.01. The number of carboxylic acids is 1. The van der Waals surface area contributed by atoms with E-state index in [0.717, 1.165) is 0 Å². The van der Waals surface area contributed by atoms with Gasteiger partial charge in [0.2, 0.25) is 0 Å². The molecule has 0 saturated carbocycles. The van der Waals surface area contributed by atoms with Crippen LogP contribution in [0.25, 0.3) is 0 Å². The summed E-state index contributed by atoms with van der Waals surface area (Å²) in [5.41, 5.74) is 1.46. The molecule has 0 bridgehead atoms. The van der Waals surface area contributed by atoms with Crippen molar-refractivity contribution < 1.29 is 23.1 Å². The zero-order valence-electron chi connectivity index (χ0n) is 18.0. The lowest BCUT2D eigenvalue weighted by Crippen LogP contribution is -2.37. The highest BCUT2D eigenvalue weighted by Gasteiger charge is 2.29. The molecule has 0 saturated heterocycles. The van der Waals surface area contributed by atoms with Crippen LogP contribution >= 0.6 is 0 Å². The van der Waals surface area contributed by atoms with Crippen LogP contribution in [0.2, 0.25) is 0 Å². The number of benzene rings is 3. The fraction of sp³-hybridized carbons (Fsp3) is 0.269. The van der Waals surface area contributed by atoms with Crippen molar-refractivity contribution in [1.29, 1.82) is 0 Å². The van der Waals surface area contributed by atoms with E-state index in [1.165, 1.54) is 52.4 Å². The van der Waals surface area contributed by atoms with Crippen LogP contribution < -0.4 is 5.11 Å². The first kappa shape index (κ1) is 25.5. The number of aryl methyl sites for hydroxylation is 1. The molecule has 3 aromatic rings. The van der Waals surface area contributed by atoms with Crippen LogP contribution in [-0.4, -0.2) is 12.1 Å². The van der Waals surface area contributed by atoms with Crippen molar-refractivity contribution in [2.24, 2.45) is 0 Å². The lowest BCUT2D eigenvalue weighted by atomic mass is 10.1. The van der Waals surface area contributed by atoms with E-state index >= 15 is 0 Å². The van der Waals surface area contributed by atoms with Gasteiger partial charge in [-0.2, -0.15) is 13.2 Å². The van der Waals surface area contributed by atoms with Crippen LogP contribution in [0.1, 0.15) is 38.2 Å². The second-order valence-corrected chi connectivity index (χ2v) is 9.20. The first-order valence-corrected chi connectivity index (χ1v) is 11.8. The van der Waals surface area contributed by atoms with Gasteiger partial charge in [-0.3, -0.25) is 0 Å². The van der Waals surface area contributed by atoms with E-state index < -0.39 is 12.1 Å². The van der Waals surface area contributed by atoms with Gasteiger partial charge in [0.05, 0.1) is 10.9 Å². The molecule has 0 aliphatic heterocycles. The molecule has 32 heavy (non-hydrogen) atoms. The Bertz CT molecular complexity index is 887. The van der Waals surface area contributed by atoms with Gasteiger partial charge >= 0.3 is 6.18 Å². The predicted octanol–water partition coefficient (Wildman–Crippen LogP) is 6.20. The minimum Gasteiger partial charge on any atom is -0.542 e. The zero-order valence-corrected chi connectivity index (χ0v) is 18.8. The number of carbonyl (C=O) groups is 1. The molecule has 0 aliphatic carbocycles. The van der Waals surface area contributed by atoms with Crippen molar-refractivity contribution >= 4 is 16.9 Å². The van der Waals surface area contributed by atoms with Gasteiger partial charge < -0.3 is 9.90 Å². The van der Waals surface area contributed by atoms with Crippen molar-refractivity contribution in [1.82, 2.24) is 0 Å². The molecule has 0 amide bonds. The van der Waals surface area contributed by atoms with Crippen molar-refractivity contribution in [2.45, 2.75) is 59.9 Å². The van der Waals surface area contributed by atoms with Crippen molar-refractivity contribution in [3.8, 4) is 0 Å². The third-order valence-corrected chi connectivity index (χ3v) is 6.90. The van der Waals surface area contributed by atoms with E-state index in [0.29, 0.717) is 0 Å². The zero-order chi connectivity index (χ0) is 23.4. The normalized spacial score (nSPS) is 11.0. The van der Waals surface area contributed by atoms with Crippen molar-refractivity contribution in [3.63, 3.8) is 0 Å². The number of carboxylic acid groups (broad SMARTS) is 1. The largest absolute Gasteiger partial charge is 0.542 e. The topological polar surface area (TPSA) is 40.1 Å². The Kier molecular flexibility index (Phi) is 10.3. The highest BCUT2D eigenvalue weighted by Crippen LogP contribution is 2.31. The maximum Gasteiger partial charge on any atom is 0.430 e. The maximum atomic E-state index is 10.5. The fourth-order valence-corrected chi connectivity index (χ4v) is 5.15. The lowest BCUT2D eigenvalue weighted by Gasteiger charge is -2.08. The molecule has 0 radical (unpaired) electrons. The smallest absolute Gasteiger partial charge is 0.430 e. The summed E-state index contributed by atoms with van der Waals surface area (Å²) in [6, 6.07) is 31.0. The minimum atomic E-state index is -5.19. The summed E-state index contributed by atoms with van der Waals surface area (Å²) < 4.78 is 31.5. The lowest BCUT2D eigenvalue weighted by molar-refractivity contribution is -0.344. The molecule has 2 nitrogen and oxygen atoms in total. The third kappa shape index (κ3) is 8.42. The second kappa shape index (κ2) is 13.0. The van der Waals surface area contributed by atoms with Crippen molar-refractivity contribution in [3.05, 3.63) is 90.5 Å². The first-order chi connectivity index (χ1) is 15.3. The number of aliphatic carboxylic acids is 1. The molecule has 0 N–H and O–H groups in total. The van der Waals surface area contributed by atoms with Crippen LogP contribution in [0.5, 0.6) is 0 Å². The molecule has 0 atom stereocenters. The minimum absolute atomic E-state index is 0.0317. The Hall–Kier alpha value is -2.73. The molecule has 6 heteroatoms. The molecule has 0 aromatic heterocycles. The number of alkyl halides is 3. The Morgan fingerprint density at radius 2 is 1.19 bits per heavy atom. The van der Waals surface area contributed by atoms with Gasteiger partial charge in [-0.05, 0) is 54.8 Å². The van der Waals surface area contributed by atoms with Crippen molar-refractivity contribution in [2.75, 3.05) is 0 Å². The molecular weight excluding hydrogens is 433 g/mol. The van der Waals surface area contributed by atoms with E-state index in [9.17, 15) is 13.2 Å². The standard InChI is InChI=1S/C24H27S.C2HF3O2/c1-2-3-4-7-12-21-17-19-24(20-18-21)25(22-13-8-5-9-14-22)23-15-10-6-11-16-23;3-2(4,5)1(6)7/h5-6,8-11,13-20H,2-4,7,12H2,1H3;(H,6,7)/q+1;/p-1. The van der Waals surface area contributed by atoms with Crippen LogP contribution in [0.4, 0.5) is 13.2 Å². The molecular formula is C26H27F3O2S. The molecule has 3 rings (SSSR count). The summed E-state index contributed by atoms with van der Waals surface area (Å²) in [7, 11) is -0.0317. The number of rotatable bonds is 8. The summed E-state index contributed by atoms with van der Waals surface area (Å²) >= 11 is 0. The van der Waals surface area contributed by atoms with E-state index in [1.54, 1.807) is 0 Å². The molecule has 0 aliphatic rings. The van der Waals surface area contributed by atoms with Crippen LogP contribution in [0.3, 0.4) is 0 Å². The van der Waals surface area contributed by atoms with Gasteiger partial charge in [0.1, 0.15) is 5.97 Å². The molecule has 0 heterocycles. The summed E-state index contributed by atoms with van der Waals surface area (Å²) in [6.45, 7) is 2.27. The highest BCUT2D eigenvalue weighted by atomic mass is 32.2. The quantitative estimate of drug-likeness (QED) is 0.296. The highest BCUT2D eigenvalue weighted by molar-refractivity contribution is 7.97. The molecule has 170 valence electrons. The first-order valence-electron chi connectivity index (χ1n) is 10.5. The van der Waals surface area contributed by atoms with E-state index in [4.69, 9.17) is 9.90 Å². The van der Waals surface area contributed by atoms with Gasteiger partial charge in [-0.1, -0.05) is 74.7 Å². The molecule has 0 unspecified atom stereocenters. The Morgan fingerprint density at radius 1 is 0.750 bits per heavy atom. The van der Waals surface area contributed by atoms with Crippen LogP contribution in [0.15, 0.2) is 99.6 Å². The summed E-state index contributed by atoms with van der Waals surface area (Å²) in [5, 5.41) is 8.78. The number of hydrogen-bond donors (Lipinski definition) is 0. The summed E-state index contributed by atoms with van der Waals surface area (Å²) in [6.07, 6.45) is 1.30. The predicted molar refractivity (Wildman–Crippen MR) is 120 cm³/mol. The molecule has 3 aromatic carbocycles. The number of unbranched alkanes of at least 4 members (excludes halogenated alkanes) is 3. The van der Waals surface area contributed by atoms with Crippen LogP contribution in [-0.2, 0) is 22.1 Å². The monoisotopic (exact) mass is 460 g/mol. The SMILES string of the molecule is CCCCCCc1ccc([S+](c2ccccc2)c2ccccc2)cc1.O=C([O-])C(F)(F)F. The maximum absolute atomic E-state index is 10.5. The van der Waals surface area contributed by atoms with Crippen LogP contribution in [0, 0.1) is 0 Å². The Morgan fingerprint density at radius 3 is 1.59 bits per heavy atom. The van der Waals surface area contributed by atoms with E-state index in [2.05, 4.69) is 91.9 Å². The third-order valence-electron chi connectivity index (χ3n) is 4.67. The van der Waals surface area contributed by atoms with Gasteiger partial charge in [0.25, 0.3) is 0 Å². The average Bonchev–Trinajstić information content (AvgIpc) is 2.79. The van der Waals surface area contributed by atoms with Gasteiger partial charge in [0, 0.05) is 0 Å². The van der Waals surface area contributed by atoms with Gasteiger partial charge in [-0.25, -0.2) is 0 Å². The molecule has 0 spiro atoms. The number of hydrogen-bond acceptors (Lipinski definition) is 2. The van der Waals surface area contributed by atoms with E-state index in [1.807, 2.05) is 0 Å². The number of halogens is 3. The fourth-order valence-electron chi connectivity index (χ4n) is 3.07. The average molecular weight is 461 g/mol. The molecule has 0 fully saturated rings. The number of carbonyl (C=O) groups excluding carboxylic acids is 1. The Balaban J connectivity index is 0.000000451. The van der Waals surface area contributed by atoms with Gasteiger partial charge in [-0.15, -0.1) is 0 Å². The second-order valence-electron chi connectivity index (χ2n) is 7.17.